The Kier molecular flexibility index (Phi) is 6.66. The van der Waals surface area contributed by atoms with Gasteiger partial charge in [0.05, 0.1) is 25.4 Å². The van der Waals surface area contributed by atoms with Crippen molar-refractivity contribution in [3.63, 3.8) is 0 Å². The van der Waals surface area contributed by atoms with Gasteiger partial charge in [0.2, 0.25) is 5.96 Å². The first-order chi connectivity index (χ1) is 13.5. The summed E-state index contributed by atoms with van der Waals surface area (Å²) < 4.78 is 11.1. The van der Waals surface area contributed by atoms with Crippen molar-refractivity contribution in [3.8, 4) is 5.75 Å². The summed E-state index contributed by atoms with van der Waals surface area (Å²) in [4.78, 5) is 17.3. The summed E-state index contributed by atoms with van der Waals surface area (Å²) >= 11 is 0. The molecule has 2 aromatic carbocycles. The molecule has 1 fully saturated rings. The van der Waals surface area contributed by atoms with Gasteiger partial charge in [0.1, 0.15) is 5.75 Å². The van der Waals surface area contributed by atoms with Crippen LogP contribution in [0.4, 0.5) is 5.69 Å². The van der Waals surface area contributed by atoms with Gasteiger partial charge in [-0.2, -0.15) is 0 Å². The van der Waals surface area contributed by atoms with Crippen LogP contribution in [-0.4, -0.2) is 38.2 Å². The summed E-state index contributed by atoms with van der Waals surface area (Å²) in [6.07, 6.45) is 2.12. The number of amides is 1. The van der Waals surface area contributed by atoms with E-state index in [9.17, 15) is 4.79 Å². The second-order valence-corrected chi connectivity index (χ2v) is 6.98. The maximum atomic E-state index is 12.7. The van der Waals surface area contributed by atoms with Gasteiger partial charge >= 0.3 is 0 Å². The average Bonchev–Trinajstić information content (AvgIpc) is 3.20. The summed E-state index contributed by atoms with van der Waals surface area (Å²) in [5.74, 6) is 0.847. The molecule has 1 heterocycles. The SMILES string of the molecule is COc1ccc(C)cc1NC(=NC[C@@H]1CCCO1)NC(=O)c1cccc(C)c1. The molecule has 1 saturated heterocycles. The lowest BCUT2D eigenvalue weighted by molar-refractivity contribution is 0.0975. The minimum absolute atomic E-state index is 0.0899. The number of rotatable bonds is 5. The lowest BCUT2D eigenvalue weighted by Gasteiger charge is -2.16. The topological polar surface area (TPSA) is 71.9 Å². The third-order valence-electron chi connectivity index (χ3n) is 4.60. The number of carbonyl (C=O) groups excluding carboxylic acids is 1. The number of ether oxygens (including phenoxy) is 2. The lowest BCUT2D eigenvalue weighted by Crippen LogP contribution is -2.37. The fourth-order valence-electron chi connectivity index (χ4n) is 3.10. The van der Waals surface area contributed by atoms with Crippen LogP contribution in [-0.2, 0) is 4.74 Å². The zero-order valence-corrected chi connectivity index (χ0v) is 16.6. The van der Waals surface area contributed by atoms with Gasteiger partial charge in [0.25, 0.3) is 5.91 Å². The number of nitrogens with zero attached hydrogens (tertiary/aromatic N) is 1. The number of guanidine groups is 1. The third kappa shape index (κ3) is 5.33. The highest BCUT2D eigenvalue weighted by Gasteiger charge is 2.17. The van der Waals surface area contributed by atoms with Crippen molar-refractivity contribution >= 4 is 17.6 Å². The van der Waals surface area contributed by atoms with Crippen LogP contribution in [0.1, 0.15) is 34.3 Å². The summed E-state index contributed by atoms with van der Waals surface area (Å²) in [5, 5.41) is 6.11. The molecule has 2 N–H and O–H groups in total. The molecule has 1 aliphatic heterocycles. The van der Waals surface area contributed by atoms with Gasteiger partial charge < -0.3 is 14.8 Å². The Balaban J connectivity index is 1.81. The maximum Gasteiger partial charge on any atom is 0.257 e. The normalized spacial score (nSPS) is 16.7. The molecule has 6 heteroatoms. The first-order valence-corrected chi connectivity index (χ1v) is 9.51. The van der Waals surface area contributed by atoms with Gasteiger partial charge in [-0.3, -0.25) is 10.1 Å². The summed E-state index contributed by atoms with van der Waals surface area (Å²) in [6, 6.07) is 13.3. The maximum absolute atomic E-state index is 12.7. The number of hydrogen-bond acceptors (Lipinski definition) is 4. The van der Waals surface area contributed by atoms with Crippen LogP contribution in [0.5, 0.6) is 5.75 Å². The van der Waals surface area contributed by atoms with Gasteiger partial charge in [0.15, 0.2) is 0 Å². The van der Waals surface area contributed by atoms with E-state index in [0.717, 1.165) is 36.3 Å². The van der Waals surface area contributed by atoms with E-state index in [0.29, 0.717) is 23.8 Å². The van der Waals surface area contributed by atoms with Crippen molar-refractivity contribution in [2.75, 3.05) is 25.6 Å². The molecule has 1 amide bonds. The molecule has 0 saturated carbocycles. The highest BCUT2D eigenvalue weighted by atomic mass is 16.5. The standard InChI is InChI=1S/C22H27N3O3/c1-15-6-4-7-17(12-15)21(26)25-22(23-14-18-8-5-11-28-18)24-19-13-16(2)9-10-20(19)27-3/h4,6-7,9-10,12-13,18H,5,8,11,14H2,1-3H3,(H2,23,24,25,26)/t18-/m0/s1. The molecule has 2 aromatic rings. The molecule has 0 bridgehead atoms. The van der Waals surface area contributed by atoms with Crippen molar-refractivity contribution in [1.29, 1.82) is 0 Å². The number of methoxy groups -OCH3 is 1. The predicted octanol–water partition coefficient (Wildman–Crippen LogP) is 3.69. The predicted molar refractivity (Wildman–Crippen MR) is 111 cm³/mol. The zero-order chi connectivity index (χ0) is 19.9. The van der Waals surface area contributed by atoms with E-state index in [-0.39, 0.29) is 12.0 Å². The first kappa shape index (κ1) is 19.9. The summed E-state index contributed by atoms with van der Waals surface area (Å²) in [7, 11) is 1.62. The smallest absolute Gasteiger partial charge is 0.257 e. The molecule has 1 atom stereocenters. The minimum Gasteiger partial charge on any atom is -0.495 e. The molecule has 3 rings (SSSR count). The fourth-order valence-corrected chi connectivity index (χ4v) is 3.10. The van der Waals surface area contributed by atoms with Crippen molar-refractivity contribution in [3.05, 3.63) is 59.2 Å². The first-order valence-electron chi connectivity index (χ1n) is 9.51. The van der Waals surface area contributed by atoms with E-state index >= 15 is 0 Å². The van der Waals surface area contributed by atoms with Crippen molar-refractivity contribution in [1.82, 2.24) is 5.32 Å². The number of aliphatic imine (C=N–C) groups is 1. The third-order valence-corrected chi connectivity index (χ3v) is 4.60. The molecule has 0 aliphatic carbocycles. The summed E-state index contributed by atoms with van der Waals surface area (Å²) in [6.45, 7) is 5.22. The van der Waals surface area contributed by atoms with E-state index in [1.807, 2.05) is 50.2 Å². The van der Waals surface area contributed by atoms with Crippen LogP contribution in [0.25, 0.3) is 0 Å². The minimum atomic E-state index is -0.214. The second-order valence-electron chi connectivity index (χ2n) is 6.98. The quantitative estimate of drug-likeness (QED) is 0.612. The molecule has 0 radical (unpaired) electrons. The summed E-state index contributed by atoms with van der Waals surface area (Å²) in [5.41, 5.74) is 3.44. The van der Waals surface area contributed by atoms with E-state index in [2.05, 4.69) is 15.6 Å². The van der Waals surface area contributed by atoms with E-state index in [1.165, 1.54) is 0 Å². The monoisotopic (exact) mass is 381 g/mol. The number of anilines is 1. The Morgan fingerprint density at radius 1 is 1.21 bits per heavy atom. The average molecular weight is 381 g/mol. The van der Waals surface area contributed by atoms with E-state index in [1.54, 1.807) is 13.2 Å². The molecule has 6 nitrogen and oxygen atoms in total. The Morgan fingerprint density at radius 3 is 2.75 bits per heavy atom. The highest BCUT2D eigenvalue weighted by Crippen LogP contribution is 2.25. The van der Waals surface area contributed by atoms with Crippen LogP contribution in [0.15, 0.2) is 47.5 Å². The van der Waals surface area contributed by atoms with Crippen molar-refractivity contribution in [2.24, 2.45) is 4.99 Å². The van der Waals surface area contributed by atoms with Crippen LogP contribution in [0.2, 0.25) is 0 Å². The Bertz CT molecular complexity index is 858. The molecular weight excluding hydrogens is 354 g/mol. The fraction of sp³-hybridized carbons (Fsp3) is 0.364. The van der Waals surface area contributed by atoms with Gasteiger partial charge in [-0.15, -0.1) is 0 Å². The van der Waals surface area contributed by atoms with Crippen LogP contribution in [0, 0.1) is 13.8 Å². The van der Waals surface area contributed by atoms with Crippen LogP contribution >= 0.6 is 0 Å². The highest BCUT2D eigenvalue weighted by molar-refractivity contribution is 6.10. The Hall–Kier alpha value is -2.86. The van der Waals surface area contributed by atoms with Crippen LogP contribution in [0.3, 0.4) is 0 Å². The zero-order valence-electron chi connectivity index (χ0n) is 16.6. The van der Waals surface area contributed by atoms with Crippen LogP contribution < -0.4 is 15.4 Å². The molecule has 1 aliphatic rings. The Labute approximate surface area is 166 Å². The number of hydrogen-bond donors (Lipinski definition) is 2. The molecule has 0 spiro atoms. The number of aryl methyl sites for hydroxylation is 2. The van der Waals surface area contributed by atoms with E-state index in [4.69, 9.17) is 9.47 Å². The Morgan fingerprint density at radius 2 is 2.04 bits per heavy atom. The molecule has 0 unspecified atom stereocenters. The van der Waals surface area contributed by atoms with E-state index < -0.39 is 0 Å². The molecule has 148 valence electrons. The van der Waals surface area contributed by atoms with Gasteiger partial charge in [-0.1, -0.05) is 23.8 Å². The van der Waals surface area contributed by atoms with Gasteiger partial charge in [0, 0.05) is 12.2 Å². The van der Waals surface area contributed by atoms with Crippen molar-refractivity contribution < 1.29 is 14.3 Å². The largest absolute Gasteiger partial charge is 0.495 e. The van der Waals surface area contributed by atoms with Crippen molar-refractivity contribution in [2.45, 2.75) is 32.8 Å². The molecular formula is C22H27N3O3. The second kappa shape index (κ2) is 9.37. The molecule has 28 heavy (non-hydrogen) atoms. The lowest BCUT2D eigenvalue weighted by atomic mass is 10.1. The van der Waals surface area contributed by atoms with Gasteiger partial charge in [-0.25, -0.2) is 4.99 Å². The number of benzene rings is 2. The number of carbonyl (C=O) groups is 1. The molecule has 0 aromatic heterocycles. The van der Waals surface area contributed by atoms with Gasteiger partial charge in [-0.05, 0) is 56.5 Å². The number of nitrogens with one attached hydrogen (secondary N) is 2.